The molecule has 0 aliphatic heterocycles. The van der Waals surface area contributed by atoms with Gasteiger partial charge in [0.05, 0.1) is 0 Å². The molecule has 0 amide bonds. The molecule has 0 aromatic rings. The van der Waals surface area contributed by atoms with E-state index in [-0.39, 0.29) is 6.04 Å². The van der Waals surface area contributed by atoms with Crippen LogP contribution in [0, 0.1) is 5.92 Å². The van der Waals surface area contributed by atoms with Gasteiger partial charge in [-0.1, -0.05) is 0 Å². The van der Waals surface area contributed by atoms with Gasteiger partial charge in [-0.2, -0.15) is 0 Å². The van der Waals surface area contributed by atoms with Crippen LogP contribution in [0.4, 0.5) is 0 Å². The predicted molar refractivity (Wildman–Crippen MR) is 44.1 cm³/mol. The minimum Gasteiger partial charge on any atom is -0.312 e. The van der Waals surface area contributed by atoms with Crippen LogP contribution >= 0.6 is 0 Å². The third-order valence-corrected chi connectivity index (χ3v) is 2.02. The first-order valence-electron chi connectivity index (χ1n) is 3.77. The number of hydrogen-bond donors (Lipinski definition) is 1. The van der Waals surface area contributed by atoms with Crippen molar-refractivity contribution in [2.24, 2.45) is 5.92 Å². The molecular weight excluding hydrogens is 140 g/mol. The summed E-state index contributed by atoms with van der Waals surface area (Å²) in [5, 5.41) is 3.07. The van der Waals surface area contributed by atoms with Crippen molar-refractivity contribution in [3.05, 3.63) is 5.57 Å². The van der Waals surface area contributed by atoms with E-state index < -0.39 is 0 Å². The second-order valence-corrected chi connectivity index (χ2v) is 3.19. The molecule has 3 heteroatoms. The Morgan fingerprint density at radius 2 is 2.27 bits per heavy atom. The van der Waals surface area contributed by atoms with Gasteiger partial charge in [0.25, 0.3) is 0 Å². The average Bonchev–Trinajstić information content (AvgIpc) is 2.60. The number of likely N-dealkylation sites (N-methyl/N-ethyl adjacent to an activating group) is 1. The molecule has 1 aliphatic rings. The zero-order valence-corrected chi connectivity index (χ0v) is 7.22. The monoisotopic (exact) mass is 154 g/mol. The quantitative estimate of drug-likeness (QED) is 0.557. The van der Waals surface area contributed by atoms with Gasteiger partial charge < -0.3 is 10.2 Å². The summed E-state index contributed by atoms with van der Waals surface area (Å²) in [7, 11) is 5.89. The van der Waals surface area contributed by atoms with E-state index >= 15 is 0 Å². The maximum Gasteiger partial charge on any atom is 0.125 e. The van der Waals surface area contributed by atoms with Gasteiger partial charge in [0.2, 0.25) is 0 Å². The Bertz CT molecular complexity index is 194. The molecule has 62 valence electrons. The summed E-state index contributed by atoms with van der Waals surface area (Å²) >= 11 is 0. The van der Waals surface area contributed by atoms with E-state index in [1.54, 1.807) is 0 Å². The van der Waals surface area contributed by atoms with E-state index in [9.17, 15) is 4.79 Å². The maximum absolute atomic E-state index is 10.3. The van der Waals surface area contributed by atoms with Gasteiger partial charge >= 0.3 is 0 Å². The Hall–Kier alpha value is -0.630. The van der Waals surface area contributed by atoms with E-state index in [0.29, 0.717) is 5.92 Å². The van der Waals surface area contributed by atoms with Crippen molar-refractivity contribution in [1.29, 1.82) is 0 Å². The Morgan fingerprint density at radius 1 is 1.64 bits per heavy atom. The molecule has 2 atom stereocenters. The van der Waals surface area contributed by atoms with Gasteiger partial charge in [0, 0.05) is 24.1 Å². The molecular formula is C8H14N2O. The minimum atomic E-state index is 0.287. The molecule has 1 N–H and O–H groups in total. The highest BCUT2D eigenvalue weighted by molar-refractivity contribution is 5.64. The van der Waals surface area contributed by atoms with Crippen LogP contribution in [-0.2, 0) is 4.79 Å². The van der Waals surface area contributed by atoms with Crippen LogP contribution in [-0.4, -0.2) is 44.6 Å². The van der Waals surface area contributed by atoms with Crippen molar-refractivity contribution in [2.75, 3.05) is 27.7 Å². The molecule has 0 spiro atoms. The van der Waals surface area contributed by atoms with Gasteiger partial charge in [0.15, 0.2) is 0 Å². The second kappa shape index (κ2) is 3.18. The van der Waals surface area contributed by atoms with E-state index in [1.807, 2.05) is 27.1 Å². The van der Waals surface area contributed by atoms with Crippen molar-refractivity contribution in [2.45, 2.75) is 6.04 Å². The van der Waals surface area contributed by atoms with Crippen LogP contribution in [0.3, 0.4) is 0 Å². The summed E-state index contributed by atoms with van der Waals surface area (Å²) in [4.78, 5) is 12.4. The maximum atomic E-state index is 10.3. The molecule has 1 rings (SSSR count). The Labute approximate surface area is 67.1 Å². The lowest BCUT2D eigenvalue weighted by Crippen LogP contribution is -2.20. The molecule has 0 heterocycles. The molecule has 11 heavy (non-hydrogen) atoms. The lowest BCUT2D eigenvalue weighted by Gasteiger charge is -2.06. The van der Waals surface area contributed by atoms with Crippen molar-refractivity contribution in [3.63, 3.8) is 0 Å². The zero-order chi connectivity index (χ0) is 8.43. The van der Waals surface area contributed by atoms with Crippen LogP contribution in [0.2, 0.25) is 0 Å². The predicted octanol–water partition coefficient (Wildman–Crippen LogP) is -0.476. The molecule has 1 fully saturated rings. The summed E-state index contributed by atoms with van der Waals surface area (Å²) in [6.07, 6.45) is 0. The van der Waals surface area contributed by atoms with Crippen LogP contribution in [0.1, 0.15) is 0 Å². The summed E-state index contributed by atoms with van der Waals surface area (Å²) in [5.74, 6) is 2.37. The molecule has 0 aromatic heterocycles. The first-order valence-corrected chi connectivity index (χ1v) is 3.77. The lowest BCUT2D eigenvalue weighted by molar-refractivity contribution is 0.385. The van der Waals surface area contributed by atoms with Gasteiger partial charge in [-0.25, -0.2) is 4.79 Å². The van der Waals surface area contributed by atoms with E-state index in [1.165, 1.54) is 0 Å². The number of nitrogens with zero attached hydrogens (tertiary/aromatic N) is 1. The third kappa shape index (κ3) is 1.69. The van der Waals surface area contributed by atoms with E-state index in [2.05, 4.69) is 10.2 Å². The number of hydrogen-bond acceptors (Lipinski definition) is 3. The number of nitrogens with one attached hydrogen (secondary N) is 1. The van der Waals surface area contributed by atoms with Crippen LogP contribution in [0.15, 0.2) is 5.57 Å². The van der Waals surface area contributed by atoms with Gasteiger partial charge in [-0.05, 0) is 21.1 Å². The molecule has 1 aliphatic carbocycles. The van der Waals surface area contributed by atoms with Crippen LogP contribution in [0.25, 0.3) is 0 Å². The Kier molecular flexibility index (Phi) is 2.45. The molecule has 2 unspecified atom stereocenters. The molecule has 0 bridgehead atoms. The first-order chi connectivity index (χ1) is 5.20. The van der Waals surface area contributed by atoms with Crippen molar-refractivity contribution >= 4 is 5.94 Å². The van der Waals surface area contributed by atoms with Crippen LogP contribution < -0.4 is 5.32 Å². The minimum absolute atomic E-state index is 0.287. The van der Waals surface area contributed by atoms with Crippen molar-refractivity contribution in [3.8, 4) is 0 Å². The standard InChI is InChI=1S/C8H14N2O/c1-9-8-6(4-10(2)3)7(8)5-11/h6,8-9H,4H2,1-3H3. The van der Waals surface area contributed by atoms with Crippen molar-refractivity contribution in [1.82, 2.24) is 10.2 Å². The smallest absolute Gasteiger partial charge is 0.125 e. The number of carbonyl (C=O) groups excluding carboxylic acids is 1. The third-order valence-electron chi connectivity index (χ3n) is 2.02. The zero-order valence-electron chi connectivity index (χ0n) is 7.22. The van der Waals surface area contributed by atoms with Gasteiger partial charge in [0.1, 0.15) is 5.94 Å². The van der Waals surface area contributed by atoms with Gasteiger partial charge in [-0.3, -0.25) is 0 Å². The summed E-state index contributed by atoms with van der Waals surface area (Å²) in [5.41, 5.74) is 0.890. The van der Waals surface area contributed by atoms with E-state index in [4.69, 9.17) is 0 Å². The van der Waals surface area contributed by atoms with E-state index in [0.717, 1.165) is 12.1 Å². The highest BCUT2D eigenvalue weighted by atomic mass is 16.1. The molecule has 0 radical (unpaired) electrons. The highest BCUT2D eigenvalue weighted by Gasteiger charge is 2.44. The molecule has 1 saturated carbocycles. The Balaban J connectivity index is 2.45. The fourth-order valence-electron chi connectivity index (χ4n) is 1.41. The highest BCUT2D eigenvalue weighted by Crippen LogP contribution is 2.35. The fourth-order valence-corrected chi connectivity index (χ4v) is 1.41. The lowest BCUT2D eigenvalue weighted by atomic mass is 10.4. The summed E-state index contributed by atoms with van der Waals surface area (Å²) in [6.45, 7) is 0.941. The van der Waals surface area contributed by atoms with Gasteiger partial charge in [-0.15, -0.1) is 0 Å². The molecule has 3 nitrogen and oxygen atoms in total. The summed E-state index contributed by atoms with van der Waals surface area (Å²) in [6, 6.07) is 0.287. The SMILES string of the molecule is CNC1C(=C=O)C1CN(C)C. The molecule has 0 saturated heterocycles. The van der Waals surface area contributed by atoms with Crippen molar-refractivity contribution < 1.29 is 4.79 Å². The van der Waals surface area contributed by atoms with Crippen LogP contribution in [0.5, 0.6) is 0 Å². The average molecular weight is 154 g/mol. The topological polar surface area (TPSA) is 32.3 Å². The normalized spacial score (nSPS) is 28.9. The molecule has 0 aromatic carbocycles. The Morgan fingerprint density at radius 3 is 2.55 bits per heavy atom. The largest absolute Gasteiger partial charge is 0.312 e. The second-order valence-electron chi connectivity index (χ2n) is 3.19. The number of rotatable bonds is 3. The first kappa shape index (κ1) is 8.47. The summed E-state index contributed by atoms with van der Waals surface area (Å²) < 4.78 is 0. The fraction of sp³-hybridized carbons (Fsp3) is 0.750.